The van der Waals surface area contributed by atoms with Gasteiger partial charge in [0.05, 0.1) is 5.69 Å². The van der Waals surface area contributed by atoms with E-state index < -0.39 is 6.10 Å². The lowest BCUT2D eigenvalue weighted by molar-refractivity contribution is -0.122. The average molecular weight is 402 g/mol. The van der Waals surface area contributed by atoms with Crippen LogP contribution >= 0.6 is 0 Å². The van der Waals surface area contributed by atoms with Crippen LogP contribution in [0.1, 0.15) is 37.3 Å². The summed E-state index contributed by atoms with van der Waals surface area (Å²) in [6, 6.07) is 23.2. The molecule has 0 saturated carbocycles. The molecule has 3 aromatic rings. The van der Waals surface area contributed by atoms with Crippen LogP contribution in [-0.2, 0) is 17.6 Å². The molecule has 0 radical (unpaired) electrons. The van der Waals surface area contributed by atoms with Crippen LogP contribution < -0.4 is 14.8 Å². The molecule has 3 aromatic carbocycles. The standard InChI is InChI=1S/C26H27NO3/c1-2-24(30-22-17-16-19-10-6-7-11-20(19)18-22)26(28)27-23-14-8-9-15-25(23)29-21-12-4-3-5-13-21/h3-5,8-9,12-18,24H,2,6-7,10-11H2,1H3,(H,27,28)/t24-/m0/s1. The van der Waals surface area contributed by atoms with Crippen molar-refractivity contribution in [3.05, 3.63) is 83.9 Å². The van der Waals surface area contributed by atoms with Crippen LogP contribution in [0, 0.1) is 0 Å². The number of amides is 1. The van der Waals surface area contributed by atoms with Gasteiger partial charge in [-0.15, -0.1) is 0 Å². The van der Waals surface area contributed by atoms with Crippen LogP contribution in [0.2, 0.25) is 0 Å². The average Bonchev–Trinajstić information content (AvgIpc) is 2.79. The number of nitrogens with one attached hydrogen (secondary N) is 1. The van der Waals surface area contributed by atoms with Crippen molar-refractivity contribution in [2.45, 2.75) is 45.1 Å². The number of hydrogen-bond acceptors (Lipinski definition) is 3. The second-order valence-corrected chi connectivity index (χ2v) is 7.55. The van der Waals surface area contributed by atoms with E-state index in [2.05, 4.69) is 17.4 Å². The van der Waals surface area contributed by atoms with Gasteiger partial charge in [0.1, 0.15) is 11.5 Å². The van der Waals surface area contributed by atoms with Crippen molar-refractivity contribution in [3.8, 4) is 17.2 Å². The number of fused-ring (bicyclic) bond motifs is 1. The molecule has 0 aromatic heterocycles. The van der Waals surface area contributed by atoms with Crippen LogP contribution in [0.5, 0.6) is 17.2 Å². The van der Waals surface area contributed by atoms with Crippen molar-refractivity contribution in [2.75, 3.05) is 5.32 Å². The van der Waals surface area contributed by atoms with Gasteiger partial charge in [-0.2, -0.15) is 0 Å². The summed E-state index contributed by atoms with van der Waals surface area (Å²) < 4.78 is 12.0. The highest BCUT2D eigenvalue weighted by Crippen LogP contribution is 2.30. The van der Waals surface area contributed by atoms with Crippen molar-refractivity contribution in [3.63, 3.8) is 0 Å². The highest BCUT2D eigenvalue weighted by atomic mass is 16.5. The maximum Gasteiger partial charge on any atom is 0.265 e. The van der Waals surface area contributed by atoms with Gasteiger partial charge < -0.3 is 14.8 Å². The van der Waals surface area contributed by atoms with Crippen molar-refractivity contribution in [1.82, 2.24) is 0 Å². The molecule has 0 spiro atoms. The lowest BCUT2D eigenvalue weighted by Crippen LogP contribution is -2.32. The van der Waals surface area contributed by atoms with Crippen LogP contribution in [0.15, 0.2) is 72.8 Å². The summed E-state index contributed by atoms with van der Waals surface area (Å²) in [5, 5.41) is 2.98. The van der Waals surface area contributed by atoms with Gasteiger partial charge >= 0.3 is 0 Å². The summed E-state index contributed by atoms with van der Waals surface area (Å²) >= 11 is 0. The zero-order valence-corrected chi connectivity index (χ0v) is 17.3. The fourth-order valence-corrected chi connectivity index (χ4v) is 3.76. The van der Waals surface area contributed by atoms with E-state index in [0.717, 1.165) is 24.3 Å². The Balaban J connectivity index is 1.46. The van der Waals surface area contributed by atoms with E-state index in [1.165, 1.54) is 24.0 Å². The quantitative estimate of drug-likeness (QED) is 0.516. The molecule has 0 heterocycles. The molecule has 4 heteroatoms. The minimum atomic E-state index is -0.573. The highest BCUT2D eigenvalue weighted by molar-refractivity contribution is 5.95. The first-order chi connectivity index (χ1) is 14.7. The Bertz CT molecular complexity index is 1000. The van der Waals surface area contributed by atoms with Gasteiger partial charge in [-0.3, -0.25) is 4.79 Å². The third-order valence-electron chi connectivity index (χ3n) is 5.38. The monoisotopic (exact) mass is 401 g/mol. The molecule has 4 rings (SSSR count). The Morgan fingerprint density at radius 2 is 1.63 bits per heavy atom. The van der Waals surface area contributed by atoms with Crippen LogP contribution in [0.25, 0.3) is 0 Å². The molecule has 30 heavy (non-hydrogen) atoms. The van der Waals surface area contributed by atoms with E-state index >= 15 is 0 Å². The molecular weight excluding hydrogens is 374 g/mol. The van der Waals surface area contributed by atoms with Gasteiger partial charge in [-0.25, -0.2) is 0 Å². The fourth-order valence-electron chi connectivity index (χ4n) is 3.76. The molecule has 4 nitrogen and oxygen atoms in total. The SMILES string of the molecule is CC[C@H](Oc1ccc2c(c1)CCCC2)C(=O)Nc1ccccc1Oc1ccccc1. The number of anilines is 1. The number of hydrogen-bond donors (Lipinski definition) is 1. The Labute approximate surface area is 177 Å². The summed E-state index contributed by atoms with van der Waals surface area (Å²) in [4.78, 5) is 12.9. The third-order valence-corrected chi connectivity index (χ3v) is 5.38. The molecule has 0 fully saturated rings. The fraction of sp³-hybridized carbons (Fsp3) is 0.269. The maximum absolute atomic E-state index is 12.9. The molecule has 1 amide bonds. The predicted octanol–water partition coefficient (Wildman–Crippen LogP) is 6.15. The third kappa shape index (κ3) is 4.82. The van der Waals surface area contributed by atoms with Crippen LogP contribution in [-0.4, -0.2) is 12.0 Å². The minimum Gasteiger partial charge on any atom is -0.481 e. The molecule has 154 valence electrons. The molecule has 0 unspecified atom stereocenters. The molecule has 0 aliphatic heterocycles. The van der Waals surface area contributed by atoms with Crippen molar-refractivity contribution >= 4 is 11.6 Å². The molecule has 1 aliphatic carbocycles. The number of aryl methyl sites for hydroxylation is 2. The molecule has 1 N–H and O–H groups in total. The lowest BCUT2D eigenvalue weighted by atomic mass is 9.92. The smallest absolute Gasteiger partial charge is 0.265 e. The van der Waals surface area contributed by atoms with E-state index in [0.29, 0.717) is 17.9 Å². The van der Waals surface area contributed by atoms with Gasteiger partial charge in [0.25, 0.3) is 5.91 Å². The first-order valence-corrected chi connectivity index (χ1v) is 10.6. The van der Waals surface area contributed by atoms with E-state index in [9.17, 15) is 4.79 Å². The first kappa shape index (κ1) is 20.0. The van der Waals surface area contributed by atoms with E-state index in [4.69, 9.17) is 9.47 Å². The predicted molar refractivity (Wildman–Crippen MR) is 119 cm³/mol. The topological polar surface area (TPSA) is 47.6 Å². The Morgan fingerprint density at radius 1 is 0.900 bits per heavy atom. The molecule has 1 atom stereocenters. The first-order valence-electron chi connectivity index (χ1n) is 10.6. The minimum absolute atomic E-state index is 0.181. The van der Waals surface area contributed by atoms with Crippen LogP contribution in [0.4, 0.5) is 5.69 Å². The maximum atomic E-state index is 12.9. The summed E-state index contributed by atoms with van der Waals surface area (Å²) in [6.45, 7) is 1.95. The Morgan fingerprint density at radius 3 is 2.43 bits per heavy atom. The van der Waals surface area contributed by atoms with Crippen molar-refractivity contribution in [1.29, 1.82) is 0 Å². The molecule has 0 saturated heterocycles. The number of ether oxygens (including phenoxy) is 2. The zero-order valence-electron chi connectivity index (χ0n) is 17.3. The van der Waals surface area contributed by atoms with Crippen LogP contribution in [0.3, 0.4) is 0 Å². The number of rotatable bonds is 7. The second kappa shape index (κ2) is 9.49. The second-order valence-electron chi connectivity index (χ2n) is 7.55. The normalized spacial score (nSPS) is 13.8. The van der Waals surface area contributed by atoms with Gasteiger partial charge in [0.15, 0.2) is 11.9 Å². The Hall–Kier alpha value is -3.27. The van der Waals surface area contributed by atoms with Gasteiger partial charge in [0, 0.05) is 0 Å². The highest BCUT2D eigenvalue weighted by Gasteiger charge is 2.21. The summed E-state index contributed by atoms with van der Waals surface area (Å²) in [6.07, 6.45) is 4.68. The largest absolute Gasteiger partial charge is 0.481 e. The summed E-state index contributed by atoms with van der Waals surface area (Å²) in [7, 11) is 0. The molecule has 0 bridgehead atoms. The summed E-state index contributed by atoms with van der Waals surface area (Å²) in [5.74, 6) is 1.89. The lowest BCUT2D eigenvalue weighted by Gasteiger charge is -2.21. The molecule has 1 aliphatic rings. The van der Waals surface area contributed by atoms with E-state index in [1.807, 2.05) is 67.6 Å². The van der Waals surface area contributed by atoms with Crippen molar-refractivity contribution in [2.24, 2.45) is 0 Å². The Kier molecular flexibility index (Phi) is 6.33. The van der Waals surface area contributed by atoms with Crippen molar-refractivity contribution < 1.29 is 14.3 Å². The number of carbonyl (C=O) groups is 1. The van der Waals surface area contributed by atoms with Gasteiger partial charge in [-0.1, -0.05) is 43.3 Å². The number of carbonyl (C=O) groups excluding carboxylic acids is 1. The molecular formula is C26H27NO3. The summed E-state index contributed by atoms with van der Waals surface area (Å²) in [5.41, 5.74) is 3.37. The van der Waals surface area contributed by atoms with Gasteiger partial charge in [-0.05, 0) is 79.6 Å². The van der Waals surface area contributed by atoms with E-state index in [-0.39, 0.29) is 5.91 Å². The van der Waals surface area contributed by atoms with E-state index in [1.54, 1.807) is 0 Å². The zero-order chi connectivity index (χ0) is 20.8. The van der Waals surface area contributed by atoms with Gasteiger partial charge in [0.2, 0.25) is 0 Å². The number of para-hydroxylation sites is 3. The number of benzene rings is 3.